The zero-order valence-corrected chi connectivity index (χ0v) is 17.8. The molecule has 0 radical (unpaired) electrons. The molecule has 1 heteroatoms. The monoisotopic (exact) mass is 403 g/mol. The van der Waals surface area contributed by atoms with Crippen LogP contribution < -0.4 is 4.57 Å². The van der Waals surface area contributed by atoms with Crippen molar-refractivity contribution in [2.75, 3.05) is 0 Å². The van der Waals surface area contributed by atoms with Crippen LogP contribution >= 0.6 is 0 Å². The van der Waals surface area contributed by atoms with Crippen LogP contribution in [0.1, 0.15) is 15.2 Å². The number of aromatic nitrogens is 1. The molecule has 0 fully saturated rings. The summed E-state index contributed by atoms with van der Waals surface area (Å²) in [6.45, 7) is -0.142. The highest BCUT2D eigenvalue weighted by Gasteiger charge is 2.16. The van der Waals surface area contributed by atoms with E-state index in [4.69, 9.17) is 4.11 Å². The molecule has 1 heterocycles. The minimum Gasteiger partial charge on any atom is -0.201 e. The van der Waals surface area contributed by atoms with E-state index < -0.39 is 6.85 Å². The van der Waals surface area contributed by atoms with E-state index >= 15 is 0 Å². The standard InChI is InChI=1S/C30H26N/c1-21-9-7-8-12-28(21)30-19-29(22(2)20-31(30)3)27-16-15-25-17-24(13-14-26(25)18-27)23-10-5-4-6-11-23/h4-20H,1-3H3/q+1/i2D3. The summed E-state index contributed by atoms with van der Waals surface area (Å²) in [5.74, 6) is 0. The lowest BCUT2D eigenvalue weighted by atomic mass is 9.94. The Morgan fingerprint density at radius 2 is 1.29 bits per heavy atom. The van der Waals surface area contributed by atoms with Crippen LogP contribution in [-0.4, -0.2) is 0 Å². The summed E-state index contributed by atoms with van der Waals surface area (Å²) in [6.07, 6.45) is 1.76. The van der Waals surface area contributed by atoms with Crippen LogP contribution in [0.15, 0.2) is 103 Å². The highest BCUT2D eigenvalue weighted by Crippen LogP contribution is 2.32. The number of aryl methyl sites for hydroxylation is 3. The van der Waals surface area contributed by atoms with Crippen LogP contribution in [0.5, 0.6) is 0 Å². The molecule has 0 spiro atoms. The van der Waals surface area contributed by atoms with Gasteiger partial charge < -0.3 is 0 Å². The number of pyridine rings is 1. The SMILES string of the molecule is [2H]C([2H])([2H])c1c[n+](C)c(-c2ccccc2C)cc1-c1ccc2cc(-c3ccccc3)ccc2c1. The second-order valence-electron chi connectivity index (χ2n) is 8.05. The average Bonchev–Trinajstić information content (AvgIpc) is 2.84. The van der Waals surface area contributed by atoms with Gasteiger partial charge in [0.2, 0.25) is 5.69 Å². The first-order chi connectivity index (χ1) is 16.3. The lowest BCUT2D eigenvalue weighted by molar-refractivity contribution is -0.660. The van der Waals surface area contributed by atoms with Gasteiger partial charge in [-0.2, -0.15) is 0 Å². The van der Waals surface area contributed by atoms with Crippen molar-refractivity contribution < 1.29 is 8.68 Å². The molecule has 0 saturated heterocycles. The third-order valence-corrected chi connectivity index (χ3v) is 5.95. The molecule has 0 N–H and O–H groups in total. The second kappa shape index (κ2) is 7.85. The largest absolute Gasteiger partial charge is 0.213 e. The predicted octanol–water partition coefficient (Wildman–Crippen LogP) is 7.28. The predicted molar refractivity (Wildman–Crippen MR) is 131 cm³/mol. The molecule has 1 aromatic heterocycles. The van der Waals surface area contributed by atoms with E-state index in [9.17, 15) is 0 Å². The van der Waals surface area contributed by atoms with Crippen molar-refractivity contribution in [1.82, 2.24) is 0 Å². The normalized spacial score (nSPS) is 12.9. The summed E-state index contributed by atoms with van der Waals surface area (Å²) in [5, 5.41) is 2.21. The minimum absolute atomic E-state index is 0.354. The quantitative estimate of drug-likeness (QED) is 0.279. The van der Waals surface area contributed by atoms with Gasteiger partial charge in [-0.15, -0.1) is 0 Å². The summed E-state index contributed by atoms with van der Waals surface area (Å²) in [5.41, 5.74) is 7.57. The number of benzene rings is 4. The maximum absolute atomic E-state index is 8.18. The van der Waals surface area contributed by atoms with E-state index in [2.05, 4.69) is 61.5 Å². The van der Waals surface area contributed by atoms with Gasteiger partial charge in [-0.05, 0) is 70.6 Å². The van der Waals surface area contributed by atoms with E-state index in [1.54, 1.807) is 6.20 Å². The molecule has 1 nitrogen and oxygen atoms in total. The Hall–Kier alpha value is -3.71. The van der Waals surface area contributed by atoms with Gasteiger partial charge in [0.15, 0.2) is 6.20 Å². The lowest BCUT2D eigenvalue weighted by Crippen LogP contribution is -2.31. The Morgan fingerprint density at radius 1 is 0.613 bits per heavy atom. The summed E-state index contributed by atoms with van der Waals surface area (Å²) >= 11 is 0. The molecule has 5 rings (SSSR count). The molecule has 0 aliphatic carbocycles. The molecule has 4 aromatic carbocycles. The Labute approximate surface area is 188 Å². The molecule has 31 heavy (non-hydrogen) atoms. The molecule has 0 aliphatic heterocycles. The fourth-order valence-electron chi connectivity index (χ4n) is 4.24. The summed E-state index contributed by atoms with van der Waals surface area (Å²) < 4.78 is 26.5. The fourth-order valence-corrected chi connectivity index (χ4v) is 4.24. The zero-order chi connectivity index (χ0) is 23.9. The number of hydrogen-bond acceptors (Lipinski definition) is 0. The molecule has 0 unspecified atom stereocenters. The minimum atomic E-state index is -2.22. The maximum Gasteiger partial charge on any atom is 0.213 e. The first kappa shape index (κ1) is 16.0. The molecular formula is C30H26N+. The average molecular weight is 404 g/mol. The highest BCUT2D eigenvalue weighted by atomic mass is 14.9. The zero-order valence-electron chi connectivity index (χ0n) is 20.8. The van der Waals surface area contributed by atoms with Crippen molar-refractivity contribution in [3.05, 3.63) is 114 Å². The van der Waals surface area contributed by atoms with Gasteiger partial charge in [0, 0.05) is 21.3 Å². The van der Waals surface area contributed by atoms with E-state index in [1.165, 1.54) is 5.56 Å². The van der Waals surface area contributed by atoms with E-state index in [0.717, 1.165) is 44.3 Å². The van der Waals surface area contributed by atoms with Gasteiger partial charge in [0.05, 0.1) is 0 Å². The van der Waals surface area contributed by atoms with Crippen molar-refractivity contribution >= 4 is 10.8 Å². The van der Waals surface area contributed by atoms with Crippen molar-refractivity contribution in [1.29, 1.82) is 0 Å². The molecule has 150 valence electrons. The van der Waals surface area contributed by atoms with E-state index in [-0.39, 0.29) is 0 Å². The van der Waals surface area contributed by atoms with Gasteiger partial charge >= 0.3 is 0 Å². The summed E-state index contributed by atoms with van der Waals surface area (Å²) in [6, 6.07) is 33.1. The Kier molecular flexibility index (Phi) is 4.06. The van der Waals surface area contributed by atoms with Crippen molar-refractivity contribution in [3.63, 3.8) is 0 Å². The summed E-state index contributed by atoms with van der Waals surface area (Å²) in [7, 11) is 1.91. The first-order valence-corrected chi connectivity index (χ1v) is 10.5. The molecule has 0 atom stereocenters. The van der Waals surface area contributed by atoms with Crippen LogP contribution in [0, 0.1) is 13.8 Å². The Bertz CT molecular complexity index is 1500. The second-order valence-corrected chi connectivity index (χ2v) is 8.05. The third kappa shape index (κ3) is 3.64. The van der Waals surface area contributed by atoms with Crippen LogP contribution in [0.25, 0.3) is 44.3 Å². The molecule has 0 amide bonds. The first-order valence-electron chi connectivity index (χ1n) is 12.0. The van der Waals surface area contributed by atoms with Crippen LogP contribution in [-0.2, 0) is 7.05 Å². The molecule has 0 saturated carbocycles. The maximum atomic E-state index is 8.18. The highest BCUT2D eigenvalue weighted by molar-refractivity contribution is 5.91. The fraction of sp³-hybridized carbons (Fsp3) is 0.100. The lowest BCUT2D eigenvalue weighted by Gasteiger charge is -2.11. The summed E-state index contributed by atoms with van der Waals surface area (Å²) in [4.78, 5) is 0. The topological polar surface area (TPSA) is 3.88 Å². The number of nitrogens with zero attached hydrogens (tertiary/aromatic N) is 1. The van der Waals surface area contributed by atoms with Gasteiger partial charge in [-0.3, -0.25) is 0 Å². The number of fused-ring (bicyclic) bond motifs is 1. The Balaban J connectivity index is 1.67. The van der Waals surface area contributed by atoms with Gasteiger partial charge in [-0.25, -0.2) is 4.57 Å². The van der Waals surface area contributed by atoms with Crippen LogP contribution in [0.3, 0.4) is 0 Å². The molecule has 0 aliphatic rings. The Morgan fingerprint density at radius 3 is 2.03 bits per heavy atom. The molecule has 5 aromatic rings. The van der Waals surface area contributed by atoms with Crippen molar-refractivity contribution in [2.45, 2.75) is 13.8 Å². The number of rotatable bonds is 3. The van der Waals surface area contributed by atoms with Gasteiger partial charge in [0.1, 0.15) is 7.05 Å². The van der Waals surface area contributed by atoms with Crippen molar-refractivity contribution in [3.8, 4) is 33.5 Å². The van der Waals surface area contributed by atoms with Crippen LogP contribution in [0.4, 0.5) is 0 Å². The van der Waals surface area contributed by atoms with Gasteiger partial charge in [0.25, 0.3) is 0 Å². The third-order valence-electron chi connectivity index (χ3n) is 5.95. The number of hydrogen-bond donors (Lipinski definition) is 0. The van der Waals surface area contributed by atoms with Crippen molar-refractivity contribution in [2.24, 2.45) is 7.05 Å². The smallest absolute Gasteiger partial charge is 0.201 e. The molecular weight excluding hydrogens is 374 g/mol. The van der Waals surface area contributed by atoms with E-state index in [0.29, 0.717) is 5.56 Å². The van der Waals surface area contributed by atoms with E-state index in [1.807, 2.05) is 54.1 Å². The van der Waals surface area contributed by atoms with Gasteiger partial charge in [-0.1, -0.05) is 72.8 Å². The molecule has 0 bridgehead atoms. The van der Waals surface area contributed by atoms with Crippen LogP contribution in [0.2, 0.25) is 0 Å².